The van der Waals surface area contributed by atoms with Gasteiger partial charge in [-0.2, -0.15) is 0 Å². The molecule has 21 heavy (non-hydrogen) atoms. The van der Waals surface area contributed by atoms with Gasteiger partial charge in [-0.1, -0.05) is 6.92 Å². The van der Waals surface area contributed by atoms with Gasteiger partial charge in [0.1, 0.15) is 5.76 Å². The largest absolute Gasteiger partial charge is 0.467 e. The van der Waals surface area contributed by atoms with Crippen molar-refractivity contribution in [2.75, 3.05) is 6.54 Å². The Balaban J connectivity index is 2.16. The maximum absolute atomic E-state index is 11.8. The third kappa shape index (κ3) is 6.94. The first kappa shape index (κ1) is 17.2. The Morgan fingerprint density at radius 1 is 1.33 bits per heavy atom. The topological polar surface area (TPSA) is 83.4 Å². The molecule has 2 amide bonds. The van der Waals surface area contributed by atoms with Gasteiger partial charge in [-0.25, -0.2) is 0 Å². The molecule has 0 fully saturated rings. The van der Waals surface area contributed by atoms with Gasteiger partial charge >= 0.3 is 0 Å². The van der Waals surface area contributed by atoms with Crippen molar-refractivity contribution >= 4 is 11.8 Å². The van der Waals surface area contributed by atoms with Gasteiger partial charge in [0.2, 0.25) is 11.8 Å². The first-order chi connectivity index (χ1) is 10.0. The number of hydrogen-bond donors (Lipinski definition) is 3. The second kappa shape index (κ2) is 9.18. The lowest BCUT2D eigenvalue weighted by Gasteiger charge is -2.14. The molecule has 118 valence electrons. The molecule has 0 aromatic carbocycles. The smallest absolute Gasteiger partial charge is 0.237 e. The van der Waals surface area contributed by atoms with Crippen molar-refractivity contribution in [2.45, 2.75) is 52.2 Å². The molecule has 0 aliphatic carbocycles. The van der Waals surface area contributed by atoms with E-state index in [0.717, 1.165) is 6.42 Å². The van der Waals surface area contributed by atoms with Crippen LogP contribution in [0.15, 0.2) is 22.8 Å². The predicted octanol–water partition coefficient (Wildman–Crippen LogP) is 1.18. The molecule has 1 aromatic rings. The molecule has 2 unspecified atom stereocenters. The Hall–Kier alpha value is -1.82. The van der Waals surface area contributed by atoms with Crippen molar-refractivity contribution < 1.29 is 14.0 Å². The average molecular weight is 295 g/mol. The molecule has 0 bridgehead atoms. The highest BCUT2D eigenvalue weighted by Gasteiger charge is 2.13. The van der Waals surface area contributed by atoms with Crippen molar-refractivity contribution in [1.82, 2.24) is 16.0 Å². The van der Waals surface area contributed by atoms with Crippen molar-refractivity contribution in [3.05, 3.63) is 24.2 Å². The average Bonchev–Trinajstić information content (AvgIpc) is 2.97. The summed E-state index contributed by atoms with van der Waals surface area (Å²) >= 11 is 0. The molecule has 6 nitrogen and oxygen atoms in total. The standard InChI is InChI=1S/C15H25N3O3/c1-4-11(2)18-14(19)7-8-16-12(3)15(20)17-10-13-6-5-9-21-13/h5-6,9,11-12,16H,4,7-8,10H2,1-3H3,(H,17,20)(H,18,19). The number of carbonyl (C=O) groups excluding carboxylic acids is 2. The summed E-state index contributed by atoms with van der Waals surface area (Å²) in [4.78, 5) is 23.4. The summed E-state index contributed by atoms with van der Waals surface area (Å²) in [5.41, 5.74) is 0. The van der Waals surface area contributed by atoms with E-state index in [1.165, 1.54) is 0 Å². The van der Waals surface area contributed by atoms with Crippen LogP contribution in [-0.2, 0) is 16.1 Å². The molecule has 0 saturated heterocycles. The van der Waals surface area contributed by atoms with Gasteiger partial charge in [0.05, 0.1) is 18.8 Å². The van der Waals surface area contributed by atoms with E-state index in [1.807, 2.05) is 13.8 Å². The van der Waals surface area contributed by atoms with E-state index in [0.29, 0.717) is 25.3 Å². The van der Waals surface area contributed by atoms with Gasteiger partial charge in [-0.15, -0.1) is 0 Å². The van der Waals surface area contributed by atoms with E-state index in [9.17, 15) is 9.59 Å². The minimum atomic E-state index is -0.351. The van der Waals surface area contributed by atoms with Crippen LogP contribution in [0.5, 0.6) is 0 Å². The number of hydrogen-bond acceptors (Lipinski definition) is 4. The van der Waals surface area contributed by atoms with Crippen molar-refractivity contribution in [1.29, 1.82) is 0 Å². The fourth-order valence-electron chi connectivity index (χ4n) is 1.68. The van der Waals surface area contributed by atoms with Crippen molar-refractivity contribution in [2.24, 2.45) is 0 Å². The van der Waals surface area contributed by atoms with Crippen LogP contribution in [0, 0.1) is 0 Å². The summed E-state index contributed by atoms with van der Waals surface area (Å²) in [6, 6.07) is 3.42. The molecular formula is C15H25N3O3. The molecule has 1 heterocycles. The van der Waals surface area contributed by atoms with E-state index in [1.54, 1.807) is 25.3 Å². The van der Waals surface area contributed by atoms with Crippen LogP contribution in [0.2, 0.25) is 0 Å². The van der Waals surface area contributed by atoms with Crippen LogP contribution in [-0.4, -0.2) is 30.4 Å². The maximum Gasteiger partial charge on any atom is 0.237 e. The number of nitrogens with one attached hydrogen (secondary N) is 3. The third-order valence-corrected chi connectivity index (χ3v) is 3.23. The number of carbonyl (C=O) groups is 2. The highest BCUT2D eigenvalue weighted by Crippen LogP contribution is 1.98. The lowest BCUT2D eigenvalue weighted by atomic mass is 10.2. The van der Waals surface area contributed by atoms with Gasteiger partial charge < -0.3 is 20.4 Å². The molecule has 0 aliphatic heterocycles. The van der Waals surface area contributed by atoms with Crippen LogP contribution in [0.3, 0.4) is 0 Å². The Labute approximate surface area is 125 Å². The highest BCUT2D eigenvalue weighted by molar-refractivity contribution is 5.81. The molecule has 6 heteroatoms. The van der Waals surface area contributed by atoms with E-state index < -0.39 is 0 Å². The van der Waals surface area contributed by atoms with Gasteiger partial charge in [0.15, 0.2) is 0 Å². The van der Waals surface area contributed by atoms with E-state index in [2.05, 4.69) is 16.0 Å². The van der Waals surface area contributed by atoms with Crippen LogP contribution < -0.4 is 16.0 Å². The molecule has 0 aliphatic rings. The summed E-state index contributed by atoms with van der Waals surface area (Å²) in [5.74, 6) is 0.595. The van der Waals surface area contributed by atoms with Crippen LogP contribution >= 0.6 is 0 Å². The Bertz CT molecular complexity index is 431. The van der Waals surface area contributed by atoms with E-state index in [4.69, 9.17) is 4.42 Å². The second-order valence-corrected chi connectivity index (χ2v) is 5.10. The molecule has 1 rings (SSSR count). The zero-order valence-corrected chi connectivity index (χ0v) is 12.9. The van der Waals surface area contributed by atoms with Gasteiger partial charge in [0, 0.05) is 19.0 Å². The normalized spacial score (nSPS) is 13.5. The first-order valence-electron chi connectivity index (χ1n) is 7.35. The summed E-state index contributed by atoms with van der Waals surface area (Å²) in [6.07, 6.45) is 2.84. The molecule has 0 radical (unpaired) electrons. The second-order valence-electron chi connectivity index (χ2n) is 5.10. The summed E-state index contributed by atoms with van der Waals surface area (Å²) in [5, 5.41) is 8.68. The SMILES string of the molecule is CCC(C)NC(=O)CCNC(C)C(=O)NCc1ccco1. The third-order valence-electron chi connectivity index (χ3n) is 3.23. The van der Waals surface area contributed by atoms with Crippen LogP contribution in [0.25, 0.3) is 0 Å². The molecule has 0 spiro atoms. The number of rotatable bonds is 9. The van der Waals surface area contributed by atoms with E-state index in [-0.39, 0.29) is 23.9 Å². The Morgan fingerprint density at radius 2 is 2.10 bits per heavy atom. The summed E-state index contributed by atoms with van der Waals surface area (Å²) in [7, 11) is 0. The predicted molar refractivity (Wildman–Crippen MR) is 80.5 cm³/mol. The molecular weight excluding hydrogens is 270 g/mol. The Kier molecular flexibility index (Phi) is 7.53. The molecule has 1 aromatic heterocycles. The van der Waals surface area contributed by atoms with Crippen LogP contribution in [0.1, 0.15) is 39.4 Å². The molecule has 2 atom stereocenters. The summed E-state index contributed by atoms with van der Waals surface area (Å²) < 4.78 is 5.14. The lowest BCUT2D eigenvalue weighted by molar-refractivity contribution is -0.124. The fourth-order valence-corrected chi connectivity index (χ4v) is 1.68. The minimum absolute atomic E-state index is 0.0000405. The minimum Gasteiger partial charge on any atom is -0.467 e. The number of furan rings is 1. The fraction of sp³-hybridized carbons (Fsp3) is 0.600. The Morgan fingerprint density at radius 3 is 2.71 bits per heavy atom. The van der Waals surface area contributed by atoms with Gasteiger partial charge in [-0.3, -0.25) is 9.59 Å². The zero-order valence-electron chi connectivity index (χ0n) is 12.9. The molecule has 0 saturated carbocycles. The van der Waals surface area contributed by atoms with Crippen LogP contribution in [0.4, 0.5) is 0 Å². The zero-order chi connectivity index (χ0) is 15.7. The number of amides is 2. The van der Waals surface area contributed by atoms with Crippen molar-refractivity contribution in [3.8, 4) is 0 Å². The maximum atomic E-state index is 11.8. The lowest BCUT2D eigenvalue weighted by Crippen LogP contribution is -2.43. The summed E-state index contributed by atoms with van der Waals surface area (Å²) in [6.45, 7) is 6.60. The van der Waals surface area contributed by atoms with Gasteiger partial charge in [-0.05, 0) is 32.4 Å². The molecule has 3 N–H and O–H groups in total. The van der Waals surface area contributed by atoms with Gasteiger partial charge in [0.25, 0.3) is 0 Å². The monoisotopic (exact) mass is 295 g/mol. The highest BCUT2D eigenvalue weighted by atomic mass is 16.3. The first-order valence-corrected chi connectivity index (χ1v) is 7.35. The van der Waals surface area contributed by atoms with E-state index >= 15 is 0 Å². The quantitative estimate of drug-likeness (QED) is 0.639. The van der Waals surface area contributed by atoms with Crippen molar-refractivity contribution in [3.63, 3.8) is 0 Å².